The SMILES string of the molecule is O=C(O)Cc1ccc(NC(=O)c2cccc(Cl)c2)cc1. The van der Waals surface area contributed by atoms with Crippen LogP contribution >= 0.6 is 11.6 Å². The van der Waals surface area contributed by atoms with E-state index in [1.165, 1.54) is 0 Å². The van der Waals surface area contributed by atoms with Crippen molar-refractivity contribution in [1.82, 2.24) is 0 Å². The molecular formula is C15H12ClNO3. The second-order valence-electron chi connectivity index (χ2n) is 4.23. The maximum Gasteiger partial charge on any atom is 0.307 e. The van der Waals surface area contributed by atoms with Crippen LogP contribution in [0.25, 0.3) is 0 Å². The summed E-state index contributed by atoms with van der Waals surface area (Å²) in [6.07, 6.45) is -0.0392. The smallest absolute Gasteiger partial charge is 0.307 e. The summed E-state index contributed by atoms with van der Waals surface area (Å²) in [5, 5.41) is 11.9. The minimum Gasteiger partial charge on any atom is -0.481 e. The van der Waals surface area contributed by atoms with Gasteiger partial charge in [-0.1, -0.05) is 29.8 Å². The van der Waals surface area contributed by atoms with E-state index in [0.717, 1.165) is 0 Å². The van der Waals surface area contributed by atoms with E-state index < -0.39 is 5.97 Å². The van der Waals surface area contributed by atoms with E-state index in [-0.39, 0.29) is 12.3 Å². The molecular weight excluding hydrogens is 278 g/mol. The summed E-state index contributed by atoms with van der Waals surface area (Å²) in [6.45, 7) is 0. The first-order valence-electron chi connectivity index (χ1n) is 5.92. The number of carbonyl (C=O) groups excluding carboxylic acids is 1. The number of aliphatic carboxylic acids is 1. The fourth-order valence-corrected chi connectivity index (χ4v) is 1.90. The Hall–Kier alpha value is -2.33. The molecule has 2 aromatic carbocycles. The monoisotopic (exact) mass is 289 g/mol. The summed E-state index contributed by atoms with van der Waals surface area (Å²) in [7, 11) is 0. The first-order chi connectivity index (χ1) is 9.54. The molecule has 0 bridgehead atoms. The van der Waals surface area contributed by atoms with Gasteiger partial charge < -0.3 is 10.4 Å². The normalized spacial score (nSPS) is 10.1. The molecule has 102 valence electrons. The van der Waals surface area contributed by atoms with E-state index in [2.05, 4.69) is 5.32 Å². The Labute approximate surface area is 121 Å². The lowest BCUT2D eigenvalue weighted by Gasteiger charge is -2.06. The van der Waals surface area contributed by atoms with Crippen molar-refractivity contribution in [3.63, 3.8) is 0 Å². The van der Waals surface area contributed by atoms with E-state index in [4.69, 9.17) is 16.7 Å². The van der Waals surface area contributed by atoms with Crippen molar-refractivity contribution in [1.29, 1.82) is 0 Å². The second kappa shape index (κ2) is 6.21. The van der Waals surface area contributed by atoms with Crippen LogP contribution in [-0.4, -0.2) is 17.0 Å². The van der Waals surface area contributed by atoms with Crippen LogP contribution in [0.15, 0.2) is 48.5 Å². The van der Waals surface area contributed by atoms with Gasteiger partial charge in [0.05, 0.1) is 6.42 Å². The average Bonchev–Trinajstić information content (AvgIpc) is 2.40. The van der Waals surface area contributed by atoms with E-state index in [1.807, 2.05) is 0 Å². The van der Waals surface area contributed by atoms with Crippen molar-refractivity contribution in [2.75, 3.05) is 5.32 Å². The maximum absolute atomic E-state index is 12.0. The Morgan fingerprint density at radius 3 is 2.40 bits per heavy atom. The molecule has 1 amide bonds. The van der Waals surface area contributed by atoms with Crippen LogP contribution in [0.3, 0.4) is 0 Å². The Bertz CT molecular complexity index is 638. The number of carboxylic acids is 1. The third kappa shape index (κ3) is 3.83. The molecule has 0 radical (unpaired) electrons. The molecule has 2 N–H and O–H groups in total. The highest BCUT2D eigenvalue weighted by atomic mass is 35.5. The van der Waals surface area contributed by atoms with Gasteiger partial charge in [0.2, 0.25) is 0 Å². The van der Waals surface area contributed by atoms with Crippen molar-refractivity contribution >= 4 is 29.2 Å². The predicted octanol–water partition coefficient (Wildman–Crippen LogP) is 3.22. The van der Waals surface area contributed by atoms with Crippen LogP contribution in [0.4, 0.5) is 5.69 Å². The number of hydrogen-bond acceptors (Lipinski definition) is 2. The fraction of sp³-hybridized carbons (Fsp3) is 0.0667. The minimum atomic E-state index is -0.888. The van der Waals surface area contributed by atoms with Gasteiger partial charge in [-0.25, -0.2) is 0 Å². The lowest BCUT2D eigenvalue weighted by atomic mass is 10.1. The topological polar surface area (TPSA) is 66.4 Å². The number of carboxylic acid groups (broad SMARTS) is 1. The zero-order valence-corrected chi connectivity index (χ0v) is 11.2. The van der Waals surface area contributed by atoms with Crippen molar-refractivity contribution in [2.45, 2.75) is 6.42 Å². The number of benzene rings is 2. The molecule has 0 spiro atoms. The average molecular weight is 290 g/mol. The van der Waals surface area contributed by atoms with Crippen LogP contribution < -0.4 is 5.32 Å². The zero-order valence-electron chi connectivity index (χ0n) is 10.5. The van der Waals surface area contributed by atoms with Gasteiger partial charge in [-0.05, 0) is 35.9 Å². The first-order valence-corrected chi connectivity index (χ1v) is 6.30. The van der Waals surface area contributed by atoms with Crippen LogP contribution in [-0.2, 0) is 11.2 Å². The lowest BCUT2D eigenvalue weighted by Crippen LogP contribution is -2.11. The predicted molar refractivity (Wildman–Crippen MR) is 77.2 cm³/mol. The van der Waals surface area contributed by atoms with Gasteiger partial charge in [0.1, 0.15) is 0 Å². The summed E-state index contributed by atoms with van der Waals surface area (Å²) in [5.41, 5.74) is 1.74. The van der Waals surface area contributed by atoms with E-state index in [1.54, 1.807) is 48.5 Å². The van der Waals surface area contributed by atoms with Crippen molar-refractivity contribution in [2.24, 2.45) is 0 Å². The van der Waals surface area contributed by atoms with Gasteiger partial charge in [-0.15, -0.1) is 0 Å². The Morgan fingerprint density at radius 1 is 1.10 bits per heavy atom. The molecule has 0 heterocycles. The van der Waals surface area contributed by atoms with Gasteiger partial charge in [0, 0.05) is 16.3 Å². The van der Waals surface area contributed by atoms with Gasteiger partial charge in [-0.3, -0.25) is 9.59 Å². The molecule has 0 aliphatic rings. The minimum absolute atomic E-state index is 0.0392. The van der Waals surface area contributed by atoms with Crippen LogP contribution in [0.2, 0.25) is 5.02 Å². The summed E-state index contributed by atoms with van der Waals surface area (Å²) in [4.78, 5) is 22.5. The highest BCUT2D eigenvalue weighted by molar-refractivity contribution is 6.31. The third-order valence-corrected chi connectivity index (χ3v) is 2.89. The molecule has 0 saturated heterocycles. The summed E-state index contributed by atoms with van der Waals surface area (Å²) in [6, 6.07) is 13.3. The van der Waals surface area contributed by atoms with E-state index in [0.29, 0.717) is 21.8 Å². The standard InChI is InChI=1S/C15H12ClNO3/c16-12-3-1-2-11(9-12)15(20)17-13-6-4-10(5-7-13)8-14(18)19/h1-7,9H,8H2,(H,17,20)(H,18,19). The number of halogens is 1. The maximum atomic E-state index is 12.0. The number of anilines is 1. The van der Waals surface area contributed by atoms with Crippen LogP contribution in [0.1, 0.15) is 15.9 Å². The molecule has 2 aromatic rings. The van der Waals surface area contributed by atoms with Crippen molar-refractivity contribution in [3.8, 4) is 0 Å². The third-order valence-electron chi connectivity index (χ3n) is 2.65. The highest BCUT2D eigenvalue weighted by Gasteiger charge is 2.07. The molecule has 0 aliphatic heterocycles. The summed E-state index contributed by atoms with van der Waals surface area (Å²) < 4.78 is 0. The molecule has 2 rings (SSSR count). The zero-order chi connectivity index (χ0) is 14.5. The van der Waals surface area contributed by atoms with Crippen LogP contribution in [0, 0.1) is 0 Å². The molecule has 0 saturated carbocycles. The molecule has 0 atom stereocenters. The number of rotatable bonds is 4. The van der Waals surface area contributed by atoms with Crippen molar-refractivity contribution in [3.05, 3.63) is 64.7 Å². The van der Waals surface area contributed by atoms with Gasteiger partial charge in [0.15, 0.2) is 0 Å². The summed E-state index contributed by atoms with van der Waals surface area (Å²) in [5.74, 6) is -1.15. The van der Waals surface area contributed by atoms with Gasteiger partial charge in [-0.2, -0.15) is 0 Å². The van der Waals surface area contributed by atoms with E-state index in [9.17, 15) is 9.59 Å². The second-order valence-corrected chi connectivity index (χ2v) is 4.67. The number of nitrogens with one attached hydrogen (secondary N) is 1. The summed E-state index contributed by atoms with van der Waals surface area (Å²) >= 11 is 5.83. The van der Waals surface area contributed by atoms with Crippen LogP contribution in [0.5, 0.6) is 0 Å². The van der Waals surface area contributed by atoms with Gasteiger partial charge >= 0.3 is 5.97 Å². The molecule has 0 aromatic heterocycles. The molecule has 5 heteroatoms. The quantitative estimate of drug-likeness (QED) is 0.908. The van der Waals surface area contributed by atoms with Gasteiger partial charge in [0.25, 0.3) is 5.91 Å². The fourth-order valence-electron chi connectivity index (χ4n) is 1.71. The number of hydrogen-bond donors (Lipinski definition) is 2. The molecule has 4 nitrogen and oxygen atoms in total. The molecule has 0 unspecified atom stereocenters. The Morgan fingerprint density at radius 2 is 1.80 bits per heavy atom. The van der Waals surface area contributed by atoms with E-state index >= 15 is 0 Å². The Kier molecular flexibility index (Phi) is 4.38. The largest absolute Gasteiger partial charge is 0.481 e. The number of amides is 1. The molecule has 0 fully saturated rings. The Balaban J connectivity index is 2.06. The number of carbonyl (C=O) groups is 2. The lowest BCUT2D eigenvalue weighted by molar-refractivity contribution is -0.136. The molecule has 20 heavy (non-hydrogen) atoms. The molecule has 0 aliphatic carbocycles. The highest BCUT2D eigenvalue weighted by Crippen LogP contribution is 2.14. The first kappa shape index (κ1) is 14.1. The van der Waals surface area contributed by atoms with Crippen molar-refractivity contribution < 1.29 is 14.7 Å².